The molecule has 1 aromatic heterocycles. The Hall–Kier alpha value is -1.18. The van der Waals surface area contributed by atoms with Crippen molar-refractivity contribution in [2.75, 3.05) is 19.7 Å². The molecular weight excluding hydrogens is 362 g/mol. The van der Waals surface area contributed by atoms with Gasteiger partial charge in [0.25, 0.3) is 5.19 Å². The summed E-state index contributed by atoms with van der Waals surface area (Å²) in [5.41, 5.74) is 0.0160. The number of hydrogen-bond donors (Lipinski definition) is 3. The van der Waals surface area contributed by atoms with Gasteiger partial charge in [0, 0.05) is 30.2 Å². The molecule has 1 rings (SSSR count). The van der Waals surface area contributed by atoms with Gasteiger partial charge in [0.05, 0.1) is 0 Å². The van der Waals surface area contributed by atoms with E-state index >= 15 is 0 Å². The third-order valence-corrected chi connectivity index (χ3v) is 4.37. The van der Waals surface area contributed by atoms with Crippen LogP contribution in [0.1, 0.15) is 72.6 Å². The zero-order chi connectivity index (χ0) is 20.4. The van der Waals surface area contributed by atoms with Gasteiger partial charge in [0.1, 0.15) is 12.7 Å². The van der Waals surface area contributed by atoms with Crippen molar-refractivity contribution in [2.45, 2.75) is 84.3 Å². The van der Waals surface area contributed by atoms with Gasteiger partial charge in [-0.15, -0.1) is 0 Å². The minimum Gasteiger partial charge on any atom is -0.467 e. The van der Waals surface area contributed by atoms with E-state index in [-0.39, 0.29) is 12.1 Å². The average Bonchev–Trinajstić information content (AvgIpc) is 3.14. The van der Waals surface area contributed by atoms with Crippen LogP contribution < -0.4 is 15.4 Å². The van der Waals surface area contributed by atoms with Crippen LogP contribution in [0.4, 0.5) is 0 Å². The number of aromatic nitrogens is 1. The fourth-order valence-corrected chi connectivity index (χ4v) is 2.67. The van der Waals surface area contributed by atoms with E-state index in [1.54, 1.807) is 6.20 Å². The molecule has 1 atom stereocenters. The second kappa shape index (κ2) is 17.0. The summed E-state index contributed by atoms with van der Waals surface area (Å²) in [6.07, 6.45) is 11.1. The van der Waals surface area contributed by atoms with Crippen molar-refractivity contribution in [3.63, 3.8) is 0 Å². The molecule has 0 aliphatic heterocycles. The molecule has 0 aromatic carbocycles. The quantitative estimate of drug-likeness (QED) is 0.327. The largest absolute Gasteiger partial charge is 0.467 e. The molecule has 0 spiro atoms. The standard InChI is InChI=1S/C10H18N2O2S.C10H21NO/c1-10(2,3)12-6-8(13)7-14-9-11-4-5-15-9;1-2-3-4-5-6-7-8-9-11-10-12/h4-5,8,12-13H,6-7H2,1-3H3;10H,2-9H2,1H3,(H,11,12). The van der Waals surface area contributed by atoms with Crippen LogP contribution in [0.5, 0.6) is 5.19 Å². The molecule has 1 aromatic rings. The summed E-state index contributed by atoms with van der Waals surface area (Å²) >= 11 is 1.42. The predicted molar refractivity (Wildman–Crippen MR) is 113 cm³/mol. The van der Waals surface area contributed by atoms with E-state index in [2.05, 4.69) is 43.3 Å². The molecule has 27 heavy (non-hydrogen) atoms. The zero-order valence-electron chi connectivity index (χ0n) is 17.5. The second-order valence-electron chi connectivity index (χ2n) is 7.59. The molecule has 0 fully saturated rings. The highest BCUT2D eigenvalue weighted by molar-refractivity contribution is 7.11. The zero-order valence-corrected chi connectivity index (χ0v) is 18.3. The van der Waals surface area contributed by atoms with Gasteiger partial charge < -0.3 is 20.5 Å². The summed E-state index contributed by atoms with van der Waals surface area (Å²) < 4.78 is 5.29. The van der Waals surface area contributed by atoms with Gasteiger partial charge in [0.15, 0.2) is 0 Å². The first-order valence-corrected chi connectivity index (χ1v) is 10.9. The van der Waals surface area contributed by atoms with Crippen LogP contribution in [0.2, 0.25) is 0 Å². The Morgan fingerprint density at radius 3 is 2.44 bits per heavy atom. The first-order chi connectivity index (χ1) is 12.9. The Bertz CT molecular complexity index is 436. The molecule has 0 saturated heterocycles. The van der Waals surface area contributed by atoms with E-state index in [9.17, 15) is 9.90 Å². The summed E-state index contributed by atoms with van der Waals surface area (Å²) in [5.74, 6) is 0. The summed E-state index contributed by atoms with van der Waals surface area (Å²) in [6, 6.07) is 0. The van der Waals surface area contributed by atoms with Crippen LogP contribution in [-0.2, 0) is 4.79 Å². The topological polar surface area (TPSA) is 83.5 Å². The monoisotopic (exact) mass is 401 g/mol. The van der Waals surface area contributed by atoms with Crippen molar-refractivity contribution in [3.05, 3.63) is 11.6 Å². The van der Waals surface area contributed by atoms with Crippen molar-refractivity contribution in [2.24, 2.45) is 0 Å². The van der Waals surface area contributed by atoms with E-state index in [0.717, 1.165) is 19.4 Å². The van der Waals surface area contributed by atoms with E-state index in [1.165, 1.54) is 49.9 Å². The number of carbonyl (C=O) groups excluding carboxylic acids is 1. The maximum absolute atomic E-state index is 9.87. The van der Waals surface area contributed by atoms with Crippen LogP contribution in [0, 0.1) is 0 Å². The molecule has 3 N–H and O–H groups in total. The third-order valence-electron chi connectivity index (χ3n) is 3.68. The molecule has 0 aliphatic rings. The first kappa shape index (κ1) is 25.8. The van der Waals surface area contributed by atoms with Gasteiger partial charge in [-0.05, 0) is 27.2 Å². The number of nitrogens with zero attached hydrogens (tertiary/aromatic N) is 1. The van der Waals surface area contributed by atoms with Gasteiger partial charge in [-0.3, -0.25) is 4.79 Å². The lowest BCUT2D eigenvalue weighted by Crippen LogP contribution is -2.42. The molecule has 0 saturated carbocycles. The molecule has 1 unspecified atom stereocenters. The number of aliphatic hydroxyl groups is 1. The Morgan fingerprint density at radius 2 is 1.89 bits per heavy atom. The lowest BCUT2D eigenvalue weighted by atomic mass is 10.1. The minimum atomic E-state index is -0.506. The molecule has 1 heterocycles. The number of thiazole rings is 1. The summed E-state index contributed by atoms with van der Waals surface area (Å²) in [7, 11) is 0. The van der Waals surface area contributed by atoms with Crippen LogP contribution >= 0.6 is 11.3 Å². The number of unbranched alkanes of at least 4 members (excludes halogenated alkanes) is 6. The number of aliphatic hydroxyl groups excluding tert-OH is 1. The number of nitrogens with one attached hydrogen (secondary N) is 2. The van der Waals surface area contributed by atoms with Crippen molar-refractivity contribution in [3.8, 4) is 5.19 Å². The molecule has 158 valence electrons. The molecule has 6 nitrogen and oxygen atoms in total. The van der Waals surface area contributed by atoms with Gasteiger partial charge >= 0.3 is 0 Å². The Morgan fingerprint density at radius 1 is 1.22 bits per heavy atom. The van der Waals surface area contributed by atoms with Crippen molar-refractivity contribution in [1.29, 1.82) is 0 Å². The highest BCUT2D eigenvalue weighted by Crippen LogP contribution is 2.13. The molecule has 0 radical (unpaired) electrons. The van der Waals surface area contributed by atoms with Crippen LogP contribution in [0.3, 0.4) is 0 Å². The normalized spacial score (nSPS) is 12.0. The van der Waals surface area contributed by atoms with Crippen molar-refractivity contribution >= 4 is 17.7 Å². The number of ether oxygens (including phenoxy) is 1. The first-order valence-electron chi connectivity index (χ1n) is 10.0. The number of hydrogen-bond acceptors (Lipinski definition) is 6. The summed E-state index contributed by atoms with van der Waals surface area (Å²) in [6.45, 7) is 10.0. The summed E-state index contributed by atoms with van der Waals surface area (Å²) in [4.78, 5) is 13.8. The maximum atomic E-state index is 9.87. The molecular formula is C20H39N3O3S. The number of rotatable bonds is 14. The Labute approximate surface area is 169 Å². The maximum Gasteiger partial charge on any atom is 0.273 e. The Kier molecular flexibility index (Phi) is 16.2. The Balaban J connectivity index is 0.000000516. The summed E-state index contributed by atoms with van der Waals surface area (Å²) in [5, 5.41) is 17.9. The van der Waals surface area contributed by atoms with Gasteiger partial charge in [-0.25, -0.2) is 4.98 Å². The third kappa shape index (κ3) is 19.4. The molecule has 1 amide bonds. The highest BCUT2D eigenvalue weighted by Gasteiger charge is 2.12. The second-order valence-corrected chi connectivity index (χ2v) is 8.44. The molecule has 0 aliphatic carbocycles. The van der Waals surface area contributed by atoms with E-state index in [0.29, 0.717) is 11.7 Å². The highest BCUT2D eigenvalue weighted by atomic mass is 32.1. The number of β-amino-alcohol motifs (C(OH)–C–C–N with tert-alkyl or cyclic N) is 1. The van der Waals surface area contributed by atoms with Crippen molar-refractivity contribution in [1.82, 2.24) is 15.6 Å². The fraction of sp³-hybridized carbons (Fsp3) is 0.800. The predicted octanol–water partition coefficient (Wildman–Crippen LogP) is 3.75. The van der Waals surface area contributed by atoms with Crippen LogP contribution in [0.15, 0.2) is 11.6 Å². The van der Waals surface area contributed by atoms with Crippen LogP contribution in [0.25, 0.3) is 0 Å². The van der Waals surface area contributed by atoms with Gasteiger partial charge in [-0.2, -0.15) is 0 Å². The van der Waals surface area contributed by atoms with E-state index < -0.39 is 6.10 Å². The average molecular weight is 402 g/mol. The number of carbonyl (C=O) groups is 1. The van der Waals surface area contributed by atoms with E-state index in [1.807, 2.05) is 5.38 Å². The number of amides is 1. The minimum absolute atomic E-state index is 0.0160. The van der Waals surface area contributed by atoms with Crippen molar-refractivity contribution < 1.29 is 14.6 Å². The van der Waals surface area contributed by atoms with Gasteiger partial charge in [0.2, 0.25) is 6.41 Å². The van der Waals surface area contributed by atoms with E-state index in [4.69, 9.17) is 4.74 Å². The SMILES string of the molecule is CC(C)(C)NCC(O)COc1nccs1.CCCCCCCCCNC=O. The molecule has 7 heteroatoms. The smallest absolute Gasteiger partial charge is 0.273 e. The van der Waals surface area contributed by atoms with Crippen LogP contribution in [-0.4, -0.2) is 47.8 Å². The van der Waals surface area contributed by atoms with Gasteiger partial charge in [-0.1, -0.05) is 56.8 Å². The lowest BCUT2D eigenvalue weighted by molar-refractivity contribution is -0.109. The lowest BCUT2D eigenvalue weighted by Gasteiger charge is -2.22. The fourth-order valence-electron chi connectivity index (χ4n) is 2.18. The molecule has 0 bridgehead atoms.